The number of benzene rings is 2. The fourth-order valence-corrected chi connectivity index (χ4v) is 4.81. The number of methoxy groups -OCH3 is 1. The molecule has 0 N–H and O–H groups in total. The number of sulfonamides is 1. The molecule has 7 nitrogen and oxygen atoms in total. The van der Waals surface area contributed by atoms with Gasteiger partial charge >= 0.3 is 6.61 Å². The van der Waals surface area contributed by atoms with Gasteiger partial charge in [0.05, 0.1) is 12.0 Å². The molecule has 3 rings (SSSR count). The summed E-state index contributed by atoms with van der Waals surface area (Å²) in [6.45, 7) is -2.58. The number of nitrogens with zero attached hydrogens (tertiary/aromatic N) is 2. The molecule has 2 aromatic carbocycles. The van der Waals surface area contributed by atoms with Crippen molar-refractivity contribution in [3.8, 4) is 11.5 Å². The first-order valence-corrected chi connectivity index (χ1v) is 10.7. The molecule has 30 heavy (non-hydrogen) atoms. The van der Waals surface area contributed by atoms with E-state index in [2.05, 4.69) is 4.74 Å². The molecule has 1 fully saturated rings. The molecule has 1 aliphatic heterocycles. The third kappa shape index (κ3) is 4.82. The second-order valence-corrected chi connectivity index (χ2v) is 8.77. The highest BCUT2D eigenvalue weighted by Gasteiger charge is 2.31. The van der Waals surface area contributed by atoms with E-state index in [0.717, 1.165) is 0 Å². The van der Waals surface area contributed by atoms with Gasteiger partial charge in [0.2, 0.25) is 10.0 Å². The first-order valence-electron chi connectivity index (χ1n) is 8.90. The lowest BCUT2D eigenvalue weighted by atomic mass is 10.1. The second-order valence-electron chi connectivity index (χ2n) is 6.40. The Balaban J connectivity index is 1.71. The number of piperazine rings is 1. The van der Waals surface area contributed by atoms with E-state index in [4.69, 9.17) is 16.3 Å². The van der Waals surface area contributed by atoms with Gasteiger partial charge in [0, 0.05) is 36.8 Å². The van der Waals surface area contributed by atoms with E-state index in [1.807, 2.05) is 0 Å². The second kappa shape index (κ2) is 9.15. The maximum Gasteiger partial charge on any atom is 0.387 e. The molecule has 0 atom stereocenters. The molecule has 0 unspecified atom stereocenters. The molecule has 1 saturated heterocycles. The van der Waals surface area contributed by atoms with Crippen molar-refractivity contribution in [2.45, 2.75) is 11.5 Å². The molecule has 0 aliphatic carbocycles. The summed E-state index contributed by atoms with van der Waals surface area (Å²) in [7, 11) is -2.44. The first-order chi connectivity index (χ1) is 14.2. The van der Waals surface area contributed by atoms with Gasteiger partial charge in [-0.25, -0.2) is 8.42 Å². The minimum Gasteiger partial charge on any atom is -0.493 e. The van der Waals surface area contributed by atoms with Crippen LogP contribution < -0.4 is 9.47 Å². The van der Waals surface area contributed by atoms with Gasteiger partial charge in [-0.05, 0) is 36.4 Å². The van der Waals surface area contributed by atoms with E-state index >= 15 is 0 Å². The zero-order valence-corrected chi connectivity index (χ0v) is 17.5. The Labute approximate surface area is 177 Å². The molecule has 11 heteroatoms. The standard InChI is InChI=1S/C19H19ClF2N2O5S/c1-28-16-6-5-13(11-17(16)29-19(21)22)18(25)23-7-9-24(10-8-23)30(26,27)15-4-2-3-14(20)12-15/h2-6,11-12,19H,7-10H2,1H3. The number of hydrogen-bond donors (Lipinski definition) is 0. The SMILES string of the molecule is COc1ccc(C(=O)N2CCN(S(=O)(=O)c3cccc(Cl)c3)CC2)cc1OC(F)F. The van der Waals surface area contributed by atoms with Gasteiger partial charge in [0.15, 0.2) is 11.5 Å². The van der Waals surface area contributed by atoms with E-state index in [9.17, 15) is 22.0 Å². The van der Waals surface area contributed by atoms with Gasteiger partial charge in [0.1, 0.15) is 0 Å². The Morgan fingerprint density at radius 2 is 1.77 bits per heavy atom. The summed E-state index contributed by atoms with van der Waals surface area (Å²) < 4.78 is 61.4. The van der Waals surface area contributed by atoms with E-state index < -0.39 is 22.5 Å². The third-order valence-electron chi connectivity index (χ3n) is 4.59. The van der Waals surface area contributed by atoms with Crippen LogP contribution in [-0.4, -0.2) is 63.4 Å². The predicted octanol–water partition coefficient (Wildman–Crippen LogP) is 3.10. The monoisotopic (exact) mass is 460 g/mol. The number of hydrogen-bond acceptors (Lipinski definition) is 5. The first kappa shape index (κ1) is 22.3. The summed E-state index contributed by atoms with van der Waals surface area (Å²) in [5.74, 6) is -0.596. The van der Waals surface area contributed by atoms with Crippen molar-refractivity contribution in [2.24, 2.45) is 0 Å². The molecule has 0 radical (unpaired) electrons. The molecule has 1 aliphatic rings. The number of carbonyl (C=O) groups is 1. The summed E-state index contributed by atoms with van der Waals surface area (Å²) in [5.41, 5.74) is 0.137. The highest BCUT2D eigenvalue weighted by molar-refractivity contribution is 7.89. The maximum atomic E-state index is 12.8. The number of amides is 1. The largest absolute Gasteiger partial charge is 0.493 e. The summed E-state index contributed by atoms with van der Waals surface area (Å²) in [6, 6.07) is 9.95. The lowest BCUT2D eigenvalue weighted by Gasteiger charge is -2.34. The van der Waals surface area contributed by atoms with Crippen LogP contribution in [0.25, 0.3) is 0 Å². The van der Waals surface area contributed by atoms with Crippen molar-refractivity contribution in [3.63, 3.8) is 0 Å². The lowest BCUT2D eigenvalue weighted by molar-refractivity contribution is -0.0512. The van der Waals surface area contributed by atoms with Gasteiger partial charge in [-0.3, -0.25) is 4.79 Å². The highest BCUT2D eigenvalue weighted by Crippen LogP contribution is 2.30. The zero-order chi connectivity index (χ0) is 21.9. The van der Waals surface area contributed by atoms with E-state index in [0.29, 0.717) is 5.02 Å². The number of carbonyl (C=O) groups excluding carboxylic acids is 1. The summed E-state index contributed by atoms with van der Waals surface area (Å²) in [5, 5.41) is 0.311. The summed E-state index contributed by atoms with van der Waals surface area (Å²) >= 11 is 5.89. The van der Waals surface area contributed by atoms with Crippen LogP contribution in [0, 0.1) is 0 Å². The lowest BCUT2D eigenvalue weighted by Crippen LogP contribution is -2.50. The predicted molar refractivity (Wildman–Crippen MR) is 106 cm³/mol. The summed E-state index contributed by atoms with van der Waals surface area (Å²) in [4.78, 5) is 14.3. The fourth-order valence-electron chi connectivity index (χ4n) is 3.09. The van der Waals surface area contributed by atoms with Gasteiger partial charge in [-0.15, -0.1) is 0 Å². The molecule has 0 aromatic heterocycles. The average molecular weight is 461 g/mol. The fraction of sp³-hybridized carbons (Fsp3) is 0.316. The van der Waals surface area contributed by atoms with Crippen LogP contribution >= 0.6 is 11.6 Å². The van der Waals surface area contributed by atoms with Gasteiger partial charge in [-0.1, -0.05) is 17.7 Å². The Bertz CT molecular complexity index is 1030. The molecule has 1 amide bonds. The number of halogens is 3. The Morgan fingerprint density at radius 3 is 2.37 bits per heavy atom. The molecule has 0 saturated carbocycles. The molecule has 0 bridgehead atoms. The van der Waals surface area contributed by atoms with Crippen LogP contribution in [0.3, 0.4) is 0 Å². The van der Waals surface area contributed by atoms with E-state index in [-0.39, 0.29) is 48.1 Å². The minimum atomic E-state index is -3.74. The van der Waals surface area contributed by atoms with E-state index in [1.54, 1.807) is 12.1 Å². The van der Waals surface area contributed by atoms with Crippen molar-refractivity contribution < 1.29 is 31.5 Å². The topological polar surface area (TPSA) is 76.2 Å². The Morgan fingerprint density at radius 1 is 1.07 bits per heavy atom. The molecule has 1 heterocycles. The summed E-state index contributed by atoms with van der Waals surface area (Å²) in [6.07, 6.45) is 0. The van der Waals surface area contributed by atoms with Crippen LogP contribution in [0.5, 0.6) is 11.5 Å². The molecule has 162 valence electrons. The maximum absolute atomic E-state index is 12.8. The smallest absolute Gasteiger partial charge is 0.387 e. The molecule has 2 aromatic rings. The highest BCUT2D eigenvalue weighted by atomic mass is 35.5. The van der Waals surface area contributed by atoms with Crippen LogP contribution in [0.2, 0.25) is 5.02 Å². The van der Waals surface area contributed by atoms with Gasteiger partial charge in [-0.2, -0.15) is 13.1 Å². The molecular weight excluding hydrogens is 442 g/mol. The van der Waals surface area contributed by atoms with Crippen molar-refractivity contribution in [1.29, 1.82) is 0 Å². The van der Waals surface area contributed by atoms with Crippen molar-refractivity contribution in [2.75, 3.05) is 33.3 Å². The van der Waals surface area contributed by atoms with Crippen LogP contribution in [0.15, 0.2) is 47.4 Å². The van der Waals surface area contributed by atoms with Crippen molar-refractivity contribution in [3.05, 3.63) is 53.1 Å². The number of rotatable bonds is 6. The van der Waals surface area contributed by atoms with Crippen LogP contribution in [0.4, 0.5) is 8.78 Å². The Kier molecular flexibility index (Phi) is 6.79. The van der Waals surface area contributed by atoms with Crippen molar-refractivity contribution >= 4 is 27.5 Å². The van der Waals surface area contributed by atoms with Gasteiger partial charge < -0.3 is 14.4 Å². The van der Waals surface area contributed by atoms with Crippen LogP contribution in [0.1, 0.15) is 10.4 Å². The normalized spacial score (nSPS) is 15.3. The van der Waals surface area contributed by atoms with Gasteiger partial charge in [0.25, 0.3) is 5.91 Å². The molecular formula is C19H19ClF2N2O5S. The minimum absolute atomic E-state index is 0.0734. The molecule has 0 spiro atoms. The average Bonchev–Trinajstić information content (AvgIpc) is 2.73. The quantitative estimate of drug-likeness (QED) is 0.662. The van der Waals surface area contributed by atoms with E-state index in [1.165, 1.54) is 46.6 Å². The van der Waals surface area contributed by atoms with Crippen molar-refractivity contribution in [1.82, 2.24) is 9.21 Å². The number of alkyl halides is 2. The van der Waals surface area contributed by atoms with Crippen LogP contribution in [-0.2, 0) is 10.0 Å². The zero-order valence-electron chi connectivity index (χ0n) is 15.9. The third-order valence-corrected chi connectivity index (χ3v) is 6.72. The number of ether oxygens (including phenoxy) is 2. The Hall–Kier alpha value is -2.43.